The predicted octanol–water partition coefficient (Wildman–Crippen LogP) is 3.53. The number of ketones is 1. The Labute approximate surface area is 144 Å². The molecule has 6 heteroatoms. The van der Waals surface area contributed by atoms with Crippen molar-refractivity contribution < 1.29 is 13.9 Å². The lowest BCUT2D eigenvalue weighted by Gasteiger charge is -2.16. The standard InChI is InChI=1S/C18H20N2O3S/c1-10(21)13-4-3-7-19-18-16(13)20-17(24-18)15-9-11-8-12(22-2)5-6-14(11)23-15/h5-6,8-9,13,17,19-20H,3-4,7H2,1-2H3. The number of hydrogen-bond donors (Lipinski definition) is 2. The molecule has 4 rings (SSSR count). The second kappa shape index (κ2) is 6.09. The molecule has 0 aliphatic carbocycles. The Hall–Kier alpha value is -2.08. The minimum Gasteiger partial charge on any atom is -0.497 e. The van der Waals surface area contributed by atoms with Crippen LogP contribution >= 0.6 is 11.8 Å². The molecule has 126 valence electrons. The zero-order valence-corrected chi connectivity index (χ0v) is 14.5. The Bertz CT molecular complexity index is 827. The summed E-state index contributed by atoms with van der Waals surface area (Å²) in [6.07, 6.45) is 1.90. The molecule has 2 aliphatic rings. The van der Waals surface area contributed by atoms with Gasteiger partial charge in [-0.3, -0.25) is 4.79 Å². The van der Waals surface area contributed by atoms with Crippen molar-refractivity contribution in [2.45, 2.75) is 25.1 Å². The maximum absolute atomic E-state index is 12.0. The molecule has 2 aliphatic heterocycles. The highest BCUT2D eigenvalue weighted by atomic mass is 32.2. The normalized spacial score (nSPS) is 23.4. The quantitative estimate of drug-likeness (QED) is 0.888. The first-order chi connectivity index (χ1) is 11.7. The van der Waals surface area contributed by atoms with E-state index in [1.54, 1.807) is 25.8 Å². The molecule has 2 atom stereocenters. The number of thioether (sulfide) groups is 1. The number of nitrogens with one attached hydrogen (secondary N) is 2. The summed E-state index contributed by atoms with van der Waals surface area (Å²) in [5.74, 6) is 1.85. The van der Waals surface area contributed by atoms with Crippen LogP contribution < -0.4 is 15.4 Å². The monoisotopic (exact) mass is 344 g/mol. The third-order valence-electron chi connectivity index (χ3n) is 4.56. The molecular formula is C18H20N2O3S. The fourth-order valence-electron chi connectivity index (χ4n) is 3.30. The lowest BCUT2D eigenvalue weighted by molar-refractivity contribution is -0.119. The van der Waals surface area contributed by atoms with Crippen LogP contribution in [0.25, 0.3) is 11.0 Å². The average Bonchev–Trinajstić information content (AvgIpc) is 3.13. The molecule has 2 unspecified atom stereocenters. The van der Waals surface area contributed by atoms with E-state index in [0.29, 0.717) is 0 Å². The van der Waals surface area contributed by atoms with Crippen molar-refractivity contribution in [3.63, 3.8) is 0 Å². The van der Waals surface area contributed by atoms with E-state index in [1.165, 1.54) is 0 Å². The Morgan fingerprint density at radius 3 is 3.04 bits per heavy atom. The molecule has 0 saturated heterocycles. The SMILES string of the molecule is COc1ccc2oc(C3NC4=C(NCCCC4C(C)=O)S3)cc2c1. The fraction of sp³-hybridized carbons (Fsp3) is 0.389. The zero-order valence-electron chi connectivity index (χ0n) is 13.7. The summed E-state index contributed by atoms with van der Waals surface area (Å²) in [7, 11) is 1.66. The van der Waals surface area contributed by atoms with Gasteiger partial charge in [0.05, 0.1) is 23.8 Å². The van der Waals surface area contributed by atoms with Crippen molar-refractivity contribution in [3.8, 4) is 5.75 Å². The molecule has 3 heterocycles. The number of furan rings is 1. The molecule has 1 aromatic heterocycles. The van der Waals surface area contributed by atoms with Crippen LogP contribution in [-0.4, -0.2) is 19.4 Å². The smallest absolute Gasteiger partial charge is 0.138 e. The van der Waals surface area contributed by atoms with Gasteiger partial charge in [0.2, 0.25) is 0 Å². The molecular weight excluding hydrogens is 324 g/mol. The predicted molar refractivity (Wildman–Crippen MR) is 94.7 cm³/mol. The van der Waals surface area contributed by atoms with Gasteiger partial charge in [0.25, 0.3) is 0 Å². The number of fused-ring (bicyclic) bond motifs is 1. The lowest BCUT2D eigenvalue weighted by Crippen LogP contribution is -2.23. The summed E-state index contributed by atoms with van der Waals surface area (Å²) < 4.78 is 11.3. The first-order valence-electron chi connectivity index (χ1n) is 8.15. The topological polar surface area (TPSA) is 63.5 Å². The number of benzene rings is 1. The van der Waals surface area contributed by atoms with Crippen molar-refractivity contribution in [1.29, 1.82) is 0 Å². The van der Waals surface area contributed by atoms with Gasteiger partial charge in [0, 0.05) is 11.9 Å². The maximum Gasteiger partial charge on any atom is 0.138 e. The van der Waals surface area contributed by atoms with E-state index >= 15 is 0 Å². The van der Waals surface area contributed by atoms with Gasteiger partial charge in [0.1, 0.15) is 28.2 Å². The second-order valence-corrected chi connectivity index (χ2v) is 7.29. The molecule has 0 amide bonds. The van der Waals surface area contributed by atoms with Crippen LogP contribution in [0.3, 0.4) is 0 Å². The highest BCUT2D eigenvalue weighted by molar-refractivity contribution is 8.03. The largest absolute Gasteiger partial charge is 0.497 e. The third kappa shape index (κ3) is 2.65. The molecule has 24 heavy (non-hydrogen) atoms. The van der Waals surface area contributed by atoms with Crippen LogP contribution in [0.4, 0.5) is 0 Å². The summed E-state index contributed by atoms with van der Waals surface area (Å²) in [5, 5.41) is 9.04. The van der Waals surface area contributed by atoms with E-state index in [-0.39, 0.29) is 17.1 Å². The average molecular weight is 344 g/mol. The first-order valence-corrected chi connectivity index (χ1v) is 9.03. The Balaban J connectivity index is 1.62. The van der Waals surface area contributed by atoms with E-state index in [2.05, 4.69) is 10.6 Å². The van der Waals surface area contributed by atoms with Gasteiger partial charge in [-0.05, 0) is 44.0 Å². The Morgan fingerprint density at radius 2 is 2.25 bits per heavy atom. The number of carbonyl (C=O) groups excluding carboxylic acids is 1. The van der Waals surface area contributed by atoms with Crippen LogP contribution in [0.15, 0.2) is 39.4 Å². The number of ether oxygens (including phenoxy) is 1. The van der Waals surface area contributed by atoms with Crippen molar-refractivity contribution in [2.24, 2.45) is 5.92 Å². The highest BCUT2D eigenvalue weighted by Gasteiger charge is 2.35. The fourth-order valence-corrected chi connectivity index (χ4v) is 4.47. The summed E-state index contributed by atoms with van der Waals surface area (Å²) in [6, 6.07) is 7.83. The van der Waals surface area contributed by atoms with Gasteiger partial charge >= 0.3 is 0 Å². The molecule has 1 aromatic carbocycles. The van der Waals surface area contributed by atoms with E-state index < -0.39 is 0 Å². The molecule has 0 saturated carbocycles. The number of Topliss-reactive ketones (excluding diaryl/α,β-unsaturated/α-hetero) is 1. The summed E-state index contributed by atoms with van der Waals surface area (Å²) >= 11 is 1.69. The molecule has 5 nitrogen and oxygen atoms in total. The lowest BCUT2D eigenvalue weighted by atomic mass is 9.96. The summed E-state index contributed by atoms with van der Waals surface area (Å²) in [5.41, 5.74) is 1.86. The van der Waals surface area contributed by atoms with E-state index in [4.69, 9.17) is 9.15 Å². The third-order valence-corrected chi connectivity index (χ3v) is 5.75. The Kier molecular flexibility index (Phi) is 3.92. The van der Waals surface area contributed by atoms with Crippen LogP contribution in [0.2, 0.25) is 0 Å². The highest BCUT2D eigenvalue weighted by Crippen LogP contribution is 2.44. The Morgan fingerprint density at radius 1 is 1.38 bits per heavy atom. The summed E-state index contributed by atoms with van der Waals surface area (Å²) in [4.78, 5) is 12.0. The van der Waals surface area contributed by atoms with Gasteiger partial charge < -0.3 is 19.8 Å². The minimum absolute atomic E-state index is 0.0131. The number of allylic oxidation sites excluding steroid dienone is 1. The van der Waals surface area contributed by atoms with E-state index in [9.17, 15) is 4.79 Å². The molecule has 0 spiro atoms. The van der Waals surface area contributed by atoms with Crippen LogP contribution in [0.5, 0.6) is 5.75 Å². The summed E-state index contributed by atoms with van der Waals surface area (Å²) in [6.45, 7) is 2.58. The van der Waals surface area contributed by atoms with Crippen LogP contribution in [-0.2, 0) is 4.79 Å². The molecule has 0 radical (unpaired) electrons. The number of hydrogen-bond acceptors (Lipinski definition) is 6. The van der Waals surface area contributed by atoms with Crippen molar-refractivity contribution in [3.05, 3.63) is 40.8 Å². The number of rotatable bonds is 3. The van der Waals surface area contributed by atoms with Crippen molar-refractivity contribution in [2.75, 3.05) is 13.7 Å². The molecule has 2 N–H and O–H groups in total. The second-order valence-electron chi connectivity index (χ2n) is 6.17. The molecule has 0 fully saturated rings. The minimum atomic E-state index is -0.0445. The van der Waals surface area contributed by atoms with Gasteiger partial charge in [-0.25, -0.2) is 0 Å². The van der Waals surface area contributed by atoms with Gasteiger partial charge in [0.15, 0.2) is 0 Å². The van der Waals surface area contributed by atoms with Gasteiger partial charge in [-0.15, -0.1) is 0 Å². The maximum atomic E-state index is 12.0. The number of carbonyl (C=O) groups is 1. The van der Waals surface area contributed by atoms with Crippen LogP contribution in [0.1, 0.15) is 30.9 Å². The van der Waals surface area contributed by atoms with Crippen molar-refractivity contribution in [1.82, 2.24) is 10.6 Å². The van der Waals surface area contributed by atoms with Gasteiger partial charge in [-0.1, -0.05) is 11.8 Å². The zero-order chi connectivity index (χ0) is 16.7. The van der Waals surface area contributed by atoms with Crippen LogP contribution in [0, 0.1) is 5.92 Å². The molecule has 2 aromatic rings. The van der Waals surface area contributed by atoms with E-state index in [0.717, 1.165) is 52.6 Å². The number of methoxy groups -OCH3 is 1. The molecule has 0 bridgehead atoms. The van der Waals surface area contributed by atoms with Gasteiger partial charge in [-0.2, -0.15) is 0 Å². The van der Waals surface area contributed by atoms with E-state index in [1.807, 2.05) is 24.3 Å². The first kappa shape index (κ1) is 15.4. The van der Waals surface area contributed by atoms with Crippen molar-refractivity contribution >= 4 is 28.5 Å².